The van der Waals surface area contributed by atoms with Crippen molar-refractivity contribution in [2.45, 2.75) is 0 Å². The van der Waals surface area contributed by atoms with Gasteiger partial charge in [0.2, 0.25) is 0 Å². The maximum Gasteiger partial charge on any atom is 0.291 e. The number of benzene rings is 2. The Balaban J connectivity index is 1.78. The predicted octanol–water partition coefficient (Wildman–Crippen LogP) is 4.26. The number of hydrogen-bond donors (Lipinski definition) is 1. The van der Waals surface area contributed by atoms with Gasteiger partial charge in [-0.05, 0) is 36.8 Å². The number of amides is 1. The molecule has 0 atom stereocenters. The Morgan fingerprint density at radius 1 is 0.952 bits per heavy atom. The molecule has 3 aromatic rings. The van der Waals surface area contributed by atoms with Crippen molar-refractivity contribution in [3.05, 3.63) is 85.0 Å². The number of carbonyl (C=O) groups excluding carboxylic acids is 1. The van der Waals surface area contributed by atoms with Crippen LogP contribution in [0.4, 0.5) is 5.69 Å². The fourth-order valence-corrected chi connectivity index (χ4v) is 2.03. The third-order valence-corrected chi connectivity index (χ3v) is 3.03. The smallest absolute Gasteiger partial charge is 0.291 e. The lowest BCUT2D eigenvalue weighted by Gasteiger charge is -2.03. The maximum atomic E-state index is 12.1. The van der Waals surface area contributed by atoms with Gasteiger partial charge in [0.1, 0.15) is 5.76 Å². The van der Waals surface area contributed by atoms with Gasteiger partial charge in [0.05, 0.1) is 0 Å². The van der Waals surface area contributed by atoms with Gasteiger partial charge in [-0.25, -0.2) is 0 Å². The monoisotopic (exact) mass is 275 g/mol. The number of hydrogen-bond acceptors (Lipinski definition) is 2. The second-order valence-corrected chi connectivity index (χ2v) is 4.61. The van der Waals surface area contributed by atoms with Gasteiger partial charge in [-0.15, -0.1) is 0 Å². The van der Waals surface area contributed by atoms with Gasteiger partial charge in [0.15, 0.2) is 5.76 Å². The van der Waals surface area contributed by atoms with E-state index in [1.165, 1.54) is 0 Å². The lowest BCUT2D eigenvalue weighted by Crippen LogP contribution is -2.10. The van der Waals surface area contributed by atoms with E-state index in [1.54, 1.807) is 36.4 Å². The summed E-state index contributed by atoms with van der Waals surface area (Å²) < 4.78 is 5.59. The second kappa shape index (κ2) is 5.67. The van der Waals surface area contributed by atoms with E-state index in [0.717, 1.165) is 5.56 Å². The van der Waals surface area contributed by atoms with Crippen molar-refractivity contribution in [2.24, 2.45) is 0 Å². The summed E-state index contributed by atoms with van der Waals surface area (Å²) in [6.45, 7) is 5.68. The van der Waals surface area contributed by atoms with Crippen LogP contribution in [-0.2, 0) is 0 Å². The first kappa shape index (κ1) is 13.2. The zero-order chi connectivity index (χ0) is 14.7. The summed E-state index contributed by atoms with van der Waals surface area (Å²) in [6.07, 6.45) is 0. The first-order chi connectivity index (χ1) is 10.2. The number of rotatable bonds is 3. The maximum absolute atomic E-state index is 12.1. The van der Waals surface area contributed by atoms with Crippen LogP contribution < -0.4 is 5.32 Å². The normalized spacial score (nSPS) is 10.3. The van der Waals surface area contributed by atoms with Crippen molar-refractivity contribution in [3.8, 4) is 11.3 Å². The number of carbonyl (C=O) groups is 1. The van der Waals surface area contributed by atoms with Crippen LogP contribution in [0.3, 0.4) is 0 Å². The van der Waals surface area contributed by atoms with E-state index >= 15 is 0 Å². The van der Waals surface area contributed by atoms with Gasteiger partial charge in [0.25, 0.3) is 5.91 Å². The van der Waals surface area contributed by atoms with Gasteiger partial charge in [-0.3, -0.25) is 4.79 Å². The van der Waals surface area contributed by atoms with Crippen molar-refractivity contribution in [2.75, 3.05) is 5.32 Å². The molecule has 0 bridgehead atoms. The Bertz CT molecular complexity index is 760. The summed E-state index contributed by atoms with van der Waals surface area (Å²) in [5.41, 5.74) is 2.16. The molecule has 0 fully saturated rings. The number of anilines is 1. The van der Waals surface area contributed by atoms with Crippen LogP contribution in [0.1, 0.15) is 16.1 Å². The zero-order valence-corrected chi connectivity index (χ0v) is 11.2. The van der Waals surface area contributed by atoms with Crippen molar-refractivity contribution < 1.29 is 9.21 Å². The second-order valence-electron chi connectivity index (χ2n) is 4.61. The molecule has 0 unspecified atom stereocenters. The molecule has 0 saturated carbocycles. The third-order valence-electron chi connectivity index (χ3n) is 3.03. The molecular weight excluding hydrogens is 262 g/mol. The van der Waals surface area contributed by atoms with E-state index in [-0.39, 0.29) is 11.7 Å². The van der Waals surface area contributed by atoms with E-state index in [1.807, 2.05) is 30.3 Å². The van der Waals surface area contributed by atoms with Gasteiger partial charge in [-0.1, -0.05) is 42.5 Å². The Morgan fingerprint density at radius 3 is 2.52 bits per heavy atom. The van der Waals surface area contributed by atoms with Crippen LogP contribution in [0.25, 0.3) is 11.3 Å². The van der Waals surface area contributed by atoms with Gasteiger partial charge in [-0.2, -0.15) is 0 Å². The molecular formula is C18H13NO2. The molecule has 1 amide bonds. The summed E-state index contributed by atoms with van der Waals surface area (Å²) >= 11 is 0. The summed E-state index contributed by atoms with van der Waals surface area (Å²) in [6, 6.07) is 20.1. The summed E-state index contributed by atoms with van der Waals surface area (Å²) in [7, 11) is 0. The predicted molar refractivity (Wildman–Crippen MR) is 81.9 cm³/mol. The van der Waals surface area contributed by atoms with Crippen molar-refractivity contribution in [3.63, 3.8) is 0 Å². The summed E-state index contributed by atoms with van der Waals surface area (Å²) in [5, 5.41) is 2.75. The topological polar surface area (TPSA) is 42.2 Å². The minimum atomic E-state index is -0.303. The highest BCUT2D eigenvalue weighted by atomic mass is 16.3. The minimum absolute atomic E-state index is 0.260. The first-order valence-corrected chi connectivity index (χ1v) is 6.54. The number of furan rings is 1. The first-order valence-electron chi connectivity index (χ1n) is 6.54. The Labute approximate surface area is 123 Å². The molecule has 2 aromatic carbocycles. The molecule has 0 aliphatic heterocycles. The van der Waals surface area contributed by atoms with Gasteiger partial charge >= 0.3 is 0 Å². The van der Waals surface area contributed by atoms with Crippen molar-refractivity contribution in [1.82, 2.24) is 0 Å². The van der Waals surface area contributed by atoms with Crippen LogP contribution in [0, 0.1) is 6.92 Å². The van der Waals surface area contributed by atoms with Crippen LogP contribution in [-0.4, -0.2) is 5.91 Å². The molecule has 0 saturated heterocycles. The lowest BCUT2D eigenvalue weighted by atomic mass is 10.2. The Morgan fingerprint density at radius 2 is 1.76 bits per heavy atom. The fraction of sp³-hybridized carbons (Fsp3) is 0. The molecule has 3 nitrogen and oxygen atoms in total. The molecule has 1 aromatic heterocycles. The van der Waals surface area contributed by atoms with Crippen molar-refractivity contribution in [1.29, 1.82) is 0 Å². The third kappa shape index (κ3) is 3.03. The van der Waals surface area contributed by atoms with Crippen molar-refractivity contribution >= 4 is 11.6 Å². The molecule has 1 heterocycles. The fourth-order valence-electron chi connectivity index (χ4n) is 2.03. The molecule has 3 heteroatoms. The molecule has 0 aliphatic carbocycles. The van der Waals surface area contributed by atoms with E-state index in [2.05, 4.69) is 5.32 Å². The molecule has 102 valence electrons. The highest BCUT2D eigenvalue weighted by Crippen LogP contribution is 2.22. The average Bonchev–Trinajstić information content (AvgIpc) is 2.98. The highest BCUT2D eigenvalue weighted by molar-refractivity contribution is 6.02. The summed E-state index contributed by atoms with van der Waals surface area (Å²) in [4.78, 5) is 12.1. The Hall–Kier alpha value is -2.81. The van der Waals surface area contributed by atoms with E-state index < -0.39 is 0 Å². The molecule has 2 radical (unpaired) electrons. The van der Waals surface area contributed by atoms with Gasteiger partial charge < -0.3 is 9.73 Å². The van der Waals surface area contributed by atoms with E-state index in [4.69, 9.17) is 11.3 Å². The largest absolute Gasteiger partial charge is 0.451 e. The highest BCUT2D eigenvalue weighted by Gasteiger charge is 2.12. The molecule has 0 spiro atoms. The Kier molecular flexibility index (Phi) is 3.56. The molecule has 3 rings (SSSR count). The molecule has 21 heavy (non-hydrogen) atoms. The number of nitrogens with one attached hydrogen (secondary N) is 1. The quantitative estimate of drug-likeness (QED) is 0.776. The van der Waals surface area contributed by atoms with Gasteiger partial charge in [0, 0.05) is 11.3 Å². The lowest BCUT2D eigenvalue weighted by molar-refractivity contribution is 0.0997. The SMILES string of the molecule is [CH]c1cccc(NC(=O)c2ccc(-c3ccccc3)o2)c1. The van der Waals surface area contributed by atoms with Crippen LogP contribution in [0.15, 0.2) is 71.1 Å². The van der Waals surface area contributed by atoms with Crippen LogP contribution in [0.2, 0.25) is 0 Å². The van der Waals surface area contributed by atoms with E-state index in [9.17, 15) is 4.79 Å². The summed E-state index contributed by atoms with van der Waals surface area (Å²) in [5.74, 6) is 0.618. The van der Waals surface area contributed by atoms with Crippen LogP contribution in [0.5, 0.6) is 0 Å². The molecule has 0 aliphatic rings. The van der Waals surface area contributed by atoms with Crippen LogP contribution >= 0.6 is 0 Å². The minimum Gasteiger partial charge on any atom is -0.451 e. The van der Waals surface area contributed by atoms with E-state index in [0.29, 0.717) is 17.0 Å². The molecule has 1 N–H and O–H groups in total. The standard InChI is InChI=1S/C18H13NO2/c1-13-6-5-9-15(12-13)19-18(20)17-11-10-16(21-17)14-7-3-2-4-8-14/h1-12H,(H,19,20). The average molecular weight is 275 g/mol. The zero-order valence-electron chi connectivity index (χ0n) is 11.2.